The van der Waals surface area contributed by atoms with E-state index in [4.69, 9.17) is 11.6 Å². The molecule has 1 aromatic carbocycles. The van der Waals surface area contributed by atoms with Crippen LogP contribution in [0, 0.1) is 5.82 Å². The molecule has 1 aromatic rings. The van der Waals surface area contributed by atoms with Gasteiger partial charge in [0.15, 0.2) is 5.82 Å². The number of carbonyl (C=O) groups is 1. The molecule has 1 N–H and O–H groups in total. The topological polar surface area (TPSA) is 29.1 Å². The van der Waals surface area contributed by atoms with E-state index in [1.54, 1.807) is 6.07 Å². The van der Waals surface area contributed by atoms with E-state index in [1.807, 2.05) is 0 Å². The molecule has 0 aromatic heterocycles. The third-order valence-corrected chi connectivity index (χ3v) is 5.01. The predicted molar refractivity (Wildman–Crippen MR) is 78.5 cm³/mol. The number of alkyl halides is 1. The lowest BCUT2D eigenvalue weighted by molar-refractivity contribution is 0.0882. The van der Waals surface area contributed by atoms with Crippen molar-refractivity contribution < 1.29 is 9.18 Å². The van der Waals surface area contributed by atoms with Crippen molar-refractivity contribution in [3.8, 4) is 0 Å². The second-order valence-electron chi connectivity index (χ2n) is 5.03. The summed E-state index contributed by atoms with van der Waals surface area (Å²) in [6.07, 6.45) is 5.21. The molecule has 0 spiro atoms. The van der Waals surface area contributed by atoms with Gasteiger partial charge in [-0.3, -0.25) is 4.79 Å². The van der Waals surface area contributed by atoms with Crippen LogP contribution in [0.3, 0.4) is 0 Å². The Bertz CT molecular complexity index is 475. The van der Waals surface area contributed by atoms with Crippen molar-refractivity contribution in [3.05, 3.63) is 34.6 Å². The monoisotopic (exact) mass is 347 g/mol. The van der Waals surface area contributed by atoms with E-state index in [9.17, 15) is 9.18 Å². The molecule has 0 radical (unpaired) electrons. The van der Waals surface area contributed by atoms with E-state index in [2.05, 4.69) is 21.2 Å². The van der Waals surface area contributed by atoms with Crippen LogP contribution in [0.2, 0.25) is 5.02 Å². The van der Waals surface area contributed by atoms with E-state index in [-0.39, 0.29) is 22.0 Å². The van der Waals surface area contributed by atoms with Crippen molar-refractivity contribution in [2.45, 2.75) is 37.6 Å². The minimum Gasteiger partial charge on any atom is -0.346 e. The first-order valence-corrected chi connectivity index (χ1v) is 7.90. The van der Waals surface area contributed by atoms with Gasteiger partial charge in [-0.1, -0.05) is 52.9 Å². The standard InChI is InChI=1S/C14H16BrClFNO/c15-9-14(7-2-1-3-8-14)18-13(19)10-5-4-6-11(16)12(10)17/h4-6H,1-3,7-9H2,(H,18,19). The number of rotatable bonds is 3. The van der Waals surface area contributed by atoms with Gasteiger partial charge >= 0.3 is 0 Å². The van der Waals surface area contributed by atoms with Crippen molar-refractivity contribution in [1.29, 1.82) is 0 Å². The van der Waals surface area contributed by atoms with Crippen molar-refractivity contribution in [3.63, 3.8) is 0 Å². The van der Waals surface area contributed by atoms with E-state index < -0.39 is 5.82 Å². The number of hydrogen-bond acceptors (Lipinski definition) is 1. The first kappa shape index (κ1) is 14.8. The third-order valence-electron chi connectivity index (χ3n) is 3.64. The zero-order valence-corrected chi connectivity index (χ0v) is 12.9. The number of amides is 1. The van der Waals surface area contributed by atoms with Gasteiger partial charge in [0.1, 0.15) is 0 Å². The molecule has 2 rings (SSSR count). The molecular weight excluding hydrogens is 333 g/mol. The van der Waals surface area contributed by atoms with Gasteiger partial charge in [-0.05, 0) is 25.0 Å². The highest BCUT2D eigenvalue weighted by Gasteiger charge is 2.33. The van der Waals surface area contributed by atoms with Crippen LogP contribution in [-0.4, -0.2) is 16.8 Å². The summed E-state index contributed by atoms with van der Waals surface area (Å²) in [5, 5.41) is 3.65. The van der Waals surface area contributed by atoms with Crippen LogP contribution in [-0.2, 0) is 0 Å². The minimum atomic E-state index is -0.651. The Hall–Kier alpha value is -0.610. The van der Waals surface area contributed by atoms with Gasteiger partial charge in [0.25, 0.3) is 5.91 Å². The van der Waals surface area contributed by atoms with Gasteiger partial charge in [0.05, 0.1) is 16.1 Å². The fraction of sp³-hybridized carbons (Fsp3) is 0.500. The van der Waals surface area contributed by atoms with E-state index in [0.717, 1.165) is 25.7 Å². The molecule has 19 heavy (non-hydrogen) atoms. The zero-order chi connectivity index (χ0) is 13.9. The van der Waals surface area contributed by atoms with Crippen LogP contribution in [0.5, 0.6) is 0 Å². The van der Waals surface area contributed by atoms with Crippen LogP contribution in [0.1, 0.15) is 42.5 Å². The first-order valence-electron chi connectivity index (χ1n) is 6.40. The second kappa shape index (κ2) is 6.23. The third kappa shape index (κ3) is 3.29. The minimum absolute atomic E-state index is 0.0124. The molecule has 5 heteroatoms. The molecule has 0 atom stereocenters. The van der Waals surface area contributed by atoms with E-state index in [0.29, 0.717) is 5.33 Å². The highest BCUT2D eigenvalue weighted by atomic mass is 79.9. The number of nitrogens with one attached hydrogen (secondary N) is 1. The normalized spacial score (nSPS) is 18.1. The summed E-state index contributed by atoms with van der Waals surface area (Å²) in [5.41, 5.74) is -0.247. The van der Waals surface area contributed by atoms with Crippen LogP contribution in [0.4, 0.5) is 4.39 Å². The molecule has 0 bridgehead atoms. The van der Waals surface area contributed by atoms with Crippen molar-refractivity contribution in [1.82, 2.24) is 5.32 Å². The van der Waals surface area contributed by atoms with Crippen molar-refractivity contribution >= 4 is 33.4 Å². The molecule has 2 nitrogen and oxygen atoms in total. The van der Waals surface area contributed by atoms with Gasteiger partial charge in [-0.2, -0.15) is 0 Å². The summed E-state index contributed by atoms with van der Waals surface area (Å²) >= 11 is 9.17. The van der Waals surface area contributed by atoms with Gasteiger partial charge in [0, 0.05) is 5.33 Å². The predicted octanol–water partition coefficient (Wildman–Crippen LogP) is 4.31. The fourth-order valence-electron chi connectivity index (χ4n) is 2.51. The maximum Gasteiger partial charge on any atom is 0.254 e. The Morgan fingerprint density at radius 1 is 1.37 bits per heavy atom. The zero-order valence-electron chi connectivity index (χ0n) is 10.5. The lowest BCUT2D eigenvalue weighted by atomic mass is 9.83. The molecule has 1 amide bonds. The van der Waals surface area contributed by atoms with E-state index >= 15 is 0 Å². The fourth-order valence-corrected chi connectivity index (χ4v) is 3.38. The summed E-state index contributed by atoms with van der Waals surface area (Å²) < 4.78 is 13.8. The van der Waals surface area contributed by atoms with Crippen LogP contribution < -0.4 is 5.32 Å². The van der Waals surface area contributed by atoms with Gasteiger partial charge < -0.3 is 5.32 Å². The lowest BCUT2D eigenvalue weighted by Gasteiger charge is -2.36. The number of hydrogen-bond donors (Lipinski definition) is 1. The molecule has 1 aliphatic carbocycles. The molecular formula is C14H16BrClFNO. The first-order chi connectivity index (χ1) is 9.08. The Labute approximate surface area is 125 Å². The summed E-state index contributed by atoms with van der Waals surface area (Å²) in [7, 11) is 0. The van der Waals surface area contributed by atoms with Crippen LogP contribution in [0.15, 0.2) is 18.2 Å². The highest BCUT2D eigenvalue weighted by Crippen LogP contribution is 2.30. The van der Waals surface area contributed by atoms with Gasteiger partial charge in [-0.15, -0.1) is 0 Å². The summed E-state index contributed by atoms with van der Waals surface area (Å²) in [4.78, 5) is 12.2. The molecule has 0 aliphatic heterocycles. The number of halogens is 3. The largest absolute Gasteiger partial charge is 0.346 e. The van der Waals surface area contributed by atoms with E-state index in [1.165, 1.54) is 18.6 Å². The summed E-state index contributed by atoms with van der Waals surface area (Å²) in [6, 6.07) is 4.48. The van der Waals surface area contributed by atoms with Gasteiger partial charge in [-0.25, -0.2) is 4.39 Å². The summed E-state index contributed by atoms with van der Waals surface area (Å²) in [6.45, 7) is 0. The average molecular weight is 349 g/mol. The maximum atomic E-state index is 13.8. The Morgan fingerprint density at radius 2 is 2.05 bits per heavy atom. The Morgan fingerprint density at radius 3 is 2.68 bits per heavy atom. The second-order valence-corrected chi connectivity index (χ2v) is 6.00. The SMILES string of the molecule is O=C(NC1(CBr)CCCCC1)c1cccc(Cl)c1F. The lowest BCUT2D eigenvalue weighted by Crippen LogP contribution is -2.51. The molecule has 0 heterocycles. The number of benzene rings is 1. The van der Waals surface area contributed by atoms with Gasteiger partial charge in [0.2, 0.25) is 0 Å². The average Bonchev–Trinajstić information content (AvgIpc) is 2.42. The molecule has 104 valence electrons. The molecule has 0 unspecified atom stereocenters. The van der Waals surface area contributed by atoms with Crippen LogP contribution in [0.25, 0.3) is 0 Å². The Kier molecular flexibility index (Phi) is 4.85. The summed E-state index contributed by atoms with van der Waals surface area (Å²) in [5.74, 6) is -1.04. The van der Waals surface area contributed by atoms with Crippen LogP contribution >= 0.6 is 27.5 Å². The maximum absolute atomic E-state index is 13.8. The Balaban J connectivity index is 2.17. The molecule has 1 fully saturated rings. The molecule has 0 saturated heterocycles. The molecule has 1 saturated carbocycles. The smallest absolute Gasteiger partial charge is 0.254 e. The quantitative estimate of drug-likeness (QED) is 0.810. The van der Waals surface area contributed by atoms with Crippen molar-refractivity contribution in [2.24, 2.45) is 0 Å². The van der Waals surface area contributed by atoms with Crippen molar-refractivity contribution in [2.75, 3.05) is 5.33 Å². The highest BCUT2D eigenvalue weighted by molar-refractivity contribution is 9.09. The number of carbonyl (C=O) groups excluding carboxylic acids is 1. The molecule has 1 aliphatic rings.